The van der Waals surface area contributed by atoms with E-state index < -0.39 is 0 Å². The van der Waals surface area contributed by atoms with E-state index in [1.54, 1.807) is 0 Å². The third kappa shape index (κ3) is 11.2. The summed E-state index contributed by atoms with van der Waals surface area (Å²) in [6.45, 7) is 4.25. The third-order valence-electron chi connectivity index (χ3n) is 5.22. The summed E-state index contributed by atoms with van der Waals surface area (Å²) in [6.07, 6.45) is 4.91. The molecule has 3 unspecified atom stereocenters. The topological polar surface area (TPSA) is 147 Å². The van der Waals surface area contributed by atoms with Gasteiger partial charge in [-0.25, -0.2) is 4.79 Å². The van der Waals surface area contributed by atoms with Crippen molar-refractivity contribution in [3.63, 3.8) is 0 Å². The van der Waals surface area contributed by atoms with Crippen molar-refractivity contribution in [1.29, 1.82) is 0 Å². The second-order valence-electron chi connectivity index (χ2n) is 7.72. The number of rotatable bonds is 19. The van der Waals surface area contributed by atoms with Gasteiger partial charge in [-0.05, 0) is 31.2 Å². The number of nitrogens with zero attached hydrogens (tertiary/aromatic N) is 3. The maximum atomic E-state index is 11.9. The smallest absolute Gasteiger partial charge is 0.315 e. The summed E-state index contributed by atoms with van der Waals surface area (Å²) in [4.78, 5) is 26.0. The van der Waals surface area contributed by atoms with E-state index >= 15 is 0 Å². The van der Waals surface area contributed by atoms with Crippen molar-refractivity contribution in [2.75, 3.05) is 58.5 Å². The maximum Gasteiger partial charge on any atom is 0.315 e. The number of carbonyl (C=O) groups excluding carboxylic acids is 2. The second kappa shape index (κ2) is 16.8. The fraction of sp³-hybridized carbons (Fsp3) is 0.900. The Bertz CT molecular complexity index is 607. The van der Waals surface area contributed by atoms with E-state index in [1.165, 1.54) is 0 Å². The van der Waals surface area contributed by atoms with Crippen molar-refractivity contribution in [3.8, 4) is 0 Å². The summed E-state index contributed by atoms with van der Waals surface area (Å²) in [5.41, 5.74) is 8.14. The minimum atomic E-state index is -0.0533. The molecule has 0 aromatic carbocycles. The second-order valence-corrected chi connectivity index (χ2v) is 8.99. The van der Waals surface area contributed by atoms with Gasteiger partial charge in [-0.1, -0.05) is 11.5 Å². The van der Waals surface area contributed by atoms with Gasteiger partial charge >= 0.3 is 6.03 Å². The molecule has 0 spiro atoms. The minimum Gasteiger partial charge on any atom is -0.379 e. The van der Waals surface area contributed by atoms with Crippen LogP contribution in [0.5, 0.6) is 0 Å². The molecule has 0 aromatic heterocycles. The lowest BCUT2D eigenvalue weighted by Gasteiger charge is -2.16. The number of fused-ring (bicyclic) bond motifs is 1. The first-order chi connectivity index (χ1) is 15.7. The predicted octanol–water partition coefficient (Wildman–Crippen LogP) is 1.97. The number of nitrogens with one attached hydrogen (secondary N) is 3. The van der Waals surface area contributed by atoms with Gasteiger partial charge in [0.25, 0.3) is 0 Å². The Balaban J connectivity index is 1.29. The maximum absolute atomic E-state index is 11.9. The molecule has 0 radical (unpaired) electrons. The van der Waals surface area contributed by atoms with Gasteiger partial charge in [-0.15, -0.1) is 0 Å². The molecule has 2 aliphatic rings. The van der Waals surface area contributed by atoms with E-state index in [-0.39, 0.29) is 24.0 Å². The zero-order valence-electron chi connectivity index (χ0n) is 18.6. The summed E-state index contributed by atoms with van der Waals surface area (Å²) in [5, 5.41) is 12.8. The van der Waals surface area contributed by atoms with E-state index in [1.807, 2.05) is 11.8 Å². The number of ether oxygens (including phenoxy) is 3. The van der Waals surface area contributed by atoms with Gasteiger partial charge in [0.2, 0.25) is 5.91 Å². The van der Waals surface area contributed by atoms with Crippen molar-refractivity contribution in [3.05, 3.63) is 10.4 Å². The highest BCUT2D eigenvalue weighted by Crippen LogP contribution is 2.33. The molecule has 0 aliphatic carbocycles. The Morgan fingerprint density at radius 3 is 2.53 bits per heavy atom. The molecular weight excluding hydrogens is 436 g/mol. The monoisotopic (exact) mass is 472 g/mol. The van der Waals surface area contributed by atoms with E-state index in [0.717, 1.165) is 31.4 Å². The van der Waals surface area contributed by atoms with Crippen LogP contribution < -0.4 is 16.0 Å². The Morgan fingerprint density at radius 1 is 1.06 bits per heavy atom. The highest BCUT2D eigenvalue weighted by Gasteiger charge is 2.42. The lowest BCUT2D eigenvalue weighted by molar-refractivity contribution is -0.121. The first-order valence-electron chi connectivity index (χ1n) is 11.4. The molecule has 0 aromatic rings. The molecule has 3 N–H and O–H groups in total. The number of unbranched alkanes of at least 4 members (excludes halogenated alkanes) is 1. The van der Waals surface area contributed by atoms with Crippen LogP contribution in [0.1, 0.15) is 38.5 Å². The first-order valence-corrected chi connectivity index (χ1v) is 12.4. The average molecular weight is 473 g/mol. The molecule has 0 saturated carbocycles. The van der Waals surface area contributed by atoms with Crippen LogP contribution >= 0.6 is 11.8 Å². The highest BCUT2D eigenvalue weighted by atomic mass is 32.2. The Morgan fingerprint density at radius 2 is 1.78 bits per heavy atom. The highest BCUT2D eigenvalue weighted by molar-refractivity contribution is 8.00. The van der Waals surface area contributed by atoms with Crippen LogP contribution in [0.15, 0.2) is 5.11 Å². The quantitative estimate of drug-likeness (QED) is 0.0861. The first kappa shape index (κ1) is 26.5. The summed E-state index contributed by atoms with van der Waals surface area (Å²) >= 11 is 1.91. The normalized spacial score (nSPS) is 21.5. The van der Waals surface area contributed by atoms with Crippen LogP contribution in [0.25, 0.3) is 10.4 Å². The average Bonchev–Trinajstić information content (AvgIpc) is 3.33. The number of urea groups is 1. The van der Waals surface area contributed by atoms with Crippen LogP contribution in [0.2, 0.25) is 0 Å². The molecule has 2 heterocycles. The number of azide groups is 1. The molecule has 2 saturated heterocycles. The fourth-order valence-corrected chi connectivity index (χ4v) is 5.13. The molecule has 0 bridgehead atoms. The number of hydrogen-bond acceptors (Lipinski definition) is 7. The molecule has 182 valence electrons. The molecule has 2 rings (SSSR count). The third-order valence-corrected chi connectivity index (χ3v) is 6.73. The molecule has 3 atom stereocenters. The molecule has 3 amide bonds. The van der Waals surface area contributed by atoms with Crippen LogP contribution in [-0.4, -0.2) is 87.8 Å². The standard InChI is InChI=1S/C20H36N6O5S/c21-26-23-8-4-10-30-12-14-31-13-11-29-9-3-7-22-18(27)6-2-1-5-17-19-16(15-32-17)24-20(28)25-19/h16-17,19H,1-15H2,(H,22,27)(H2,24,25,28). The number of carbonyl (C=O) groups is 2. The molecule has 12 heteroatoms. The van der Waals surface area contributed by atoms with Gasteiger partial charge in [0.1, 0.15) is 0 Å². The van der Waals surface area contributed by atoms with Crippen molar-refractivity contribution < 1.29 is 23.8 Å². The minimum absolute atomic E-state index is 0.0533. The van der Waals surface area contributed by atoms with Gasteiger partial charge in [0.05, 0.1) is 38.5 Å². The van der Waals surface area contributed by atoms with Gasteiger partial charge in [0.15, 0.2) is 0 Å². The summed E-state index contributed by atoms with van der Waals surface area (Å²) < 4.78 is 16.2. The van der Waals surface area contributed by atoms with E-state index in [9.17, 15) is 9.59 Å². The summed E-state index contributed by atoms with van der Waals surface area (Å²) in [7, 11) is 0. The fourth-order valence-electron chi connectivity index (χ4n) is 3.59. The lowest BCUT2D eigenvalue weighted by Crippen LogP contribution is -2.36. The van der Waals surface area contributed by atoms with E-state index in [0.29, 0.717) is 70.8 Å². The van der Waals surface area contributed by atoms with Crippen LogP contribution in [0, 0.1) is 0 Å². The summed E-state index contributed by atoms with van der Waals surface area (Å²) in [6, 6.07) is 0.444. The van der Waals surface area contributed by atoms with E-state index in [4.69, 9.17) is 19.7 Å². The Labute approximate surface area is 193 Å². The SMILES string of the molecule is [N-]=[N+]=NCCCOCCOCCOCCCNC(=O)CCCCC1SCC2NC(=O)NC21. The van der Waals surface area contributed by atoms with Crippen molar-refractivity contribution >= 4 is 23.7 Å². The van der Waals surface area contributed by atoms with Crippen molar-refractivity contribution in [2.45, 2.75) is 55.9 Å². The van der Waals surface area contributed by atoms with Crippen molar-refractivity contribution in [2.24, 2.45) is 5.11 Å². The molecular formula is C20H36N6O5S. The number of thioether (sulfide) groups is 1. The van der Waals surface area contributed by atoms with Crippen LogP contribution in [-0.2, 0) is 19.0 Å². The van der Waals surface area contributed by atoms with Crippen molar-refractivity contribution in [1.82, 2.24) is 16.0 Å². The van der Waals surface area contributed by atoms with Gasteiger partial charge in [-0.2, -0.15) is 11.8 Å². The number of amides is 3. The van der Waals surface area contributed by atoms with Gasteiger partial charge in [-0.3, -0.25) is 4.79 Å². The van der Waals surface area contributed by atoms with Crippen LogP contribution in [0.3, 0.4) is 0 Å². The Hall–Kier alpha value is -1.72. The predicted molar refractivity (Wildman–Crippen MR) is 123 cm³/mol. The molecule has 11 nitrogen and oxygen atoms in total. The van der Waals surface area contributed by atoms with Gasteiger partial charge < -0.3 is 30.2 Å². The number of hydrogen-bond donors (Lipinski definition) is 3. The largest absolute Gasteiger partial charge is 0.379 e. The zero-order chi connectivity index (χ0) is 22.9. The molecule has 2 aliphatic heterocycles. The van der Waals surface area contributed by atoms with E-state index in [2.05, 4.69) is 26.0 Å². The molecule has 2 fully saturated rings. The summed E-state index contributed by atoms with van der Waals surface area (Å²) in [5.74, 6) is 1.05. The lowest BCUT2D eigenvalue weighted by atomic mass is 10.0. The molecule has 32 heavy (non-hydrogen) atoms. The van der Waals surface area contributed by atoms with Crippen LogP contribution in [0.4, 0.5) is 4.79 Å². The Kier molecular flexibility index (Phi) is 14.0. The van der Waals surface area contributed by atoms with Gasteiger partial charge in [0, 0.05) is 48.6 Å². The zero-order valence-corrected chi connectivity index (χ0v) is 19.4.